The molecule has 3 rings (SSSR count). The number of nitrogens with zero attached hydrogens (tertiary/aromatic N) is 2. The number of rotatable bonds is 4. The second-order valence-corrected chi connectivity index (χ2v) is 6.49. The lowest BCUT2D eigenvalue weighted by Gasteiger charge is -2.26. The van der Waals surface area contributed by atoms with Gasteiger partial charge in [-0.15, -0.1) is 0 Å². The predicted octanol–water partition coefficient (Wildman–Crippen LogP) is -0.168. The van der Waals surface area contributed by atoms with E-state index in [0.717, 1.165) is 18.5 Å². The summed E-state index contributed by atoms with van der Waals surface area (Å²) in [5, 5.41) is 2.59. The van der Waals surface area contributed by atoms with Crippen molar-refractivity contribution < 1.29 is 19.2 Å². The van der Waals surface area contributed by atoms with Crippen LogP contribution in [0.4, 0.5) is 5.69 Å². The summed E-state index contributed by atoms with van der Waals surface area (Å²) in [7, 11) is 1.46. The number of hydrogen-bond donors (Lipinski definition) is 2. The first kappa shape index (κ1) is 17.9. The Bertz CT molecular complexity index is 746. The summed E-state index contributed by atoms with van der Waals surface area (Å²) in [6, 6.07) is 4.93. The van der Waals surface area contributed by atoms with Gasteiger partial charge in [-0.25, -0.2) is 0 Å². The van der Waals surface area contributed by atoms with E-state index in [2.05, 4.69) is 5.32 Å². The first-order valence-corrected chi connectivity index (χ1v) is 8.51. The highest BCUT2D eigenvalue weighted by Crippen LogP contribution is 2.22. The number of primary amides is 1. The van der Waals surface area contributed by atoms with Crippen LogP contribution in [0.1, 0.15) is 29.6 Å². The molecule has 8 heteroatoms. The van der Waals surface area contributed by atoms with Gasteiger partial charge in [0.25, 0.3) is 5.91 Å². The van der Waals surface area contributed by atoms with Crippen molar-refractivity contribution in [2.45, 2.75) is 31.3 Å². The average molecular weight is 357 g/mol. The SMILES string of the molecule is CN1C(=O)C(NC(=O)c2ccc(N3CCCCC3=O)cc2)[CH]C1C(N)=O. The molecule has 2 fully saturated rings. The van der Waals surface area contributed by atoms with Crippen molar-refractivity contribution in [1.29, 1.82) is 0 Å². The number of benzene rings is 1. The van der Waals surface area contributed by atoms with Crippen molar-refractivity contribution in [3.63, 3.8) is 0 Å². The lowest BCUT2D eigenvalue weighted by molar-refractivity contribution is -0.133. The molecular formula is C18H21N4O4. The highest BCUT2D eigenvalue weighted by atomic mass is 16.2. The summed E-state index contributed by atoms with van der Waals surface area (Å²) in [5.74, 6) is -1.39. The molecule has 0 saturated carbocycles. The zero-order valence-electron chi connectivity index (χ0n) is 14.5. The number of likely N-dealkylation sites (tertiary alicyclic amines) is 1. The highest BCUT2D eigenvalue weighted by Gasteiger charge is 2.41. The molecule has 8 nitrogen and oxygen atoms in total. The Morgan fingerprint density at radius 3 is 2.42 bits per heavy atom. The van der Waals surface area contributed by atoms with Gasteiger partial charge in [-0.05, 0) is 37.1 Å². The zero-order chi connectivity index (χ0) is 18.8. The number of carbonyl (C=O) groups is 4. The summed E-state index contributed by atoms with van der Waals surface area (Å²) in [6.45, 7) is 0.677. The first-order chi connectivity index (χ1) is 12.4. The molecule has 26 heavy (non-hydrogen) atoms. The quantitative estimate of drug-likeness (QED) is 0.779. The van der Waals surface area contributed by atoms with Gasteiger partial charge in [-0.3, -0.25) is 19.2 Å². The Kier molecular flexibility index (Phi) is 4.92. The van der Waals surface area contributed by atoms with Crippen LogP contribution in [-0.4, -0.2) is 54.2 Å². The number of piperidine rings is 1. The largest absolute Gasteiger partial charge is 0.368 e. The van der Waals surface area contributed by atoms with Crippen molar-refractivity contribution in [3.8, 4) is 0 Å². The second-order valence-electron chi connectivity index (χ2n) is 6.49. The van der Waals surface area contributed by atoms with Crippen molar-refractivity contribution >= 4 is 29.3 Å². The van der Waals surface area contributed by atoms with E-state index in [0.29, 0.717) is 18.5 Å². The third kappa shape index (κ3) is 3.40. The monoisotopic (exact) mass is 357 g/mol. The minimum absolute atomic E-state index is 0.0835. The van der Waals surface area contributed by atoms with E-state index in [4.69, 9.17) is 5.73 Å². The van der Waals surface area contributed by atoms with E-state index < -0.39 is 29.8 Å². The molecule has 1 radical (unpaired) electrons. The fourth-order valence-corrected chi connectivity index (χ4v) is 3.24. The number of anilines is 1. The molecule has 3 N–H and O–H groups in total. The number of hydrogen-bond acceptors (Lipinski definition) is 4. The van der Waals surface area contributed by atoms with Gasteiger partial charge in [0.05, 0.1) is 0 Å². The topological polar surface area (TPSA) is 113 Å². The third-order valence-electron chi connectivity index (χ3n) is 4.75. The molecule has 0 aromatic heterocycles. The Balaban J connectivity index is 1.66. The Hall–Kier alpha value is -2.90. The minimum Gasteiger partial charge on any atom is -0.368 e. The van der Waals surface area contributed by atoms with Gasteiger partial charge < -0.3 is 20.9 Å². The number of likely N-dealkylation sites (N-methyl/N-ethyl adjacent to an activating group) is 1. The van der Waals surface area contributed by atoms with Crippen LogP contribution in [0.5, 0.6) is 0 Å². The van der Waals surface area contributed by atoms with Gasteiger partial charge >= 0.3 is 0 Å². The maximum Gasteiger partial charge on any atom is 0.251 e. The van der Waals surface area contributed by atoms with Gasteiger partial charge in [-0.1, -0.05) is 0 Å². The smallest absolute Gasteiger partial charge is 0.251 e. The van der Waals surface area contributed by atoms with Crippen LogP contribution in [0.25, 0.3) is 0 Å². The summed E-state index contributed by atoms with van der Waals surface area (Å²) in [4.78, 5) is 50.7. The van der Waals surface area contributed by atoms with Crippen molar-refractivity contribution in [2.75, 3.05) is 18.5 Å². The molecule has 4 amide bonds. The second kappa shape index (κ2) is 7.15. The average Bonchev–Trinajstić information content (AvgIpc) is 2.91. The molecule has 2 atom stereocenters. The Labute approximate surface area is 151 Å². The molecular weight excluding hydrogens is 336 g/mol. The van der Waals surface area contributed by atoms with Crippen molar-refractivity contribution in [2.24, 2.45) is 5.73 Å². The van der Waals surface area contributed by atoms with Gasteiger partial charge in [0.1, 0.15) is 12.1 Å². The van der Waals surface area contributed by atoms with E-state index in [1.165, 1.54) is 18.4 Å². The van der Waals surface area contributed by atoms with Gasteiger partial charge in [0, 0.05) is 37.7 Å². The van der Waals surface area contributed by atoms with Crippen LogP contribution >= 0.6 is 0 Å². The van der Waals surface area contributed by atoms with E-state index >= 15 is 0 Å². The summed E-state index contributed by atoms with van der Waals surface area (Å²) in [6.07, 6.45) is 3.82. The van der Waals surface area contributed by atoms with Crippen LogP contribution < -0.4 is 16.0 Å². The predicted molar refractivity (Wildman–Crippen MR) is 94.0 cm³/mol. The van der Waals surface area contributed by atoms with Crippen molar-refractivity contribution in [1.82, 2.24) is 10.2 Å². The third-order valence-corrected chi connectivity index (χ3v) is 4.75. The molecule has 2 unspecified atom stereocenters. The van der Waals surface area contributed by atoms with E-state index in [1.54, 1.807) is 29.2 Å². The maximum absolute atomic E-state index is 12.4. The lowest BCUT2D eigenvalue weighted by atomic mass is 10.1. The molecule has 2 aliphatic rings. The molecule has 0 spiro atoms. The Morgan fingerprint density at radius 1 is 1.15 bits per heavy atom. The fourth-order valence-electron chi connectivity index (χ4n) is 3.24. The first-order valence-electron chi connectivity index (χ1n) is 8.51. The normalized spacial score (nSPS) is 23.3. The number of nitrogens with two attached hydrogens (primary N) is 1. The van der Waals surface area contributed by atoms with Crippen LogP contribution in [0.3, 0.4) is 0 Å². The summed E-state index contributed by atoms with van der Waals surface area (Å²) < 4.78 is 0. The molecule has 1 aromatic carbocycles. The molecule has 2 aliphatic heterocycles. The van der Waals surface area contributed by atoms with E-state index in [9.17, 15) is 19.2 Å². The van der Waals surface area contributed by atoms with E-state index in [1.807, 2.05) is 0 Å². The van der Waals surface area contributed by atoms with Gasteiger partial charge in [-0.2, -0.15) is 0 Å². The van der Waals surface area contributed by atoms with Crippen LogP contribution in [0, 0.1) is 6.42 Å². The maximum atomic E-state index is 12.4. The van der Waals surface area contributed by atoms with Crippen LogP contribution in [0.15, 0.2) is 24.3 Å². The van der Waals surface area contributed by atoms with Crippen LogP contribution in [0.2, 0.25) is 0 Å². The molecule has 2 saturated heterocycles. The number of carbonyl (C=O) groups excluding carboxylic acids is 4. The van der Waals surface area contributed by atoms with E-state index in [-0.39, 0.29) is 5.91 Å². The molecule has 0 bridgehead atoms. The Morgan fingerprint density at radius 2 is 1.85 bits per heavy atom. The number of amides is 4. The standard InChI is InChI=1S/C18H21N4O4/c1-21-14(16(19)24)10-13(18(21)26)20-17(25)11-5-7-12(8-6-11)22-9-3-2-4-15(22)23/h5-8,10,13-14H,2-4,9H2,1H3,(H2,19,24)(H,20,25). The van der Waals surface area contributed by atoms with Gasteiger partial charge in [0.15, 0.2) is 0 Å². The van der Waals surface area contributed by atoms with Gasteiger partial charge in [0.2, 0.25) is 17.7 Å². The molecule has 137 valence electrons. The highest BCUT2D eigenvalue weighted by molar-refractivity contribution is 6.02. The summed E-state index contributed by atoms with van der Waals surface area (Å²) in [5.41, 5.74) is 6.36. The lowest BCUT2D eigenvalue weighted by Crippen LogP contribution is -2.41. The fraction of sp³-hybridized carbons (Fsp3) is 0.389. The van der Waals surface area contributed by atoms with Crippen LogP contribution in [-0.2, 0) is 14.4 Å². The molecule has 2 heterocycles. The number of nitrogens with one attached hydrogen (secondary N) is 1. The minimum atomic E-state index is -0.895. The van der Waals surface area contributed by atoms with Crippen molar-refractivity contribution in [3.05, 3.63) is 36.2 Å². The summed E-state index contributed by atoms with van der Waals surface area (Å²) >= 11 is 0. The molecule has 0 aliphatic carbocycles. The molecule has 1 aromatic rings. The zero-order valence-corrected chi connectivity index (χ0v) is 14.5.